The molecule has 5 fully saturated rings. The molecular weight excluding hydrogens is 300 g/mol. The number of hydrogen-bond acceptors (Lipinski definition) is 4. The topological polar surface area (TPSA) is 46.9 Å². The molecule has 6 aliphatic rings. The molecule has 1 aromatic rings. The second kappa shape index (κ2) is 4.17. The Labute approximate surface area is 143 Å². The lowest BCUT2D eigenvalue weighted by molar-refractivity contribution is -0.211. The van der Waals surface area contributed by atoms with Crippen molar-refractivity contribution in [3.05, 3.63) is 29.8 Å². The van der Waals surface area contributed by atoms with Crippen molar-refractivity contribution < 1.29 is 10.2 Å². The molecule has 0 radical (unpaired) electrons. The molecule has 2 N–H and O–H groups in total. The van der Waals surface area contributed by atoms with E-state index in [9.17, 15) is 10.2 Å². The number of benzene rings is 1. The van der Waals surface area contributed by atoms with Gasteiger partial charge in [0.25, 0.3) is 0 Å². The third-order valence-corrected chi connectivity index (χ3v) is 8.46. The number of piperidine rings is 4. The zero-order valence-corrected chi connectivity index (χ0v) is 14.3. The van der Waals surface area contributed by atoms with E-state index in [2.05, 4.69) is 48.0 Å². The summed E-state index contributed by atoms with van der Waals surface area (Å²) in [5.41, 5.74) is 2.51. The van der Waals surface area contributed by atoms with Crippen LogP contribution in [0, 0.1) is 17.8 Å². The lowest BCUT2D eigenvalue weighted by Gasteiger charge is -2.62. The van der Waals surface area contributed by atoms with Crippen LogP contribution in [0.2, 0.25) is 0 Å². The minimum atomic E-state index is -0.319. The van der Waals surface area contributed by atoms with Gasteiger partial charge < -0.3 is 15.1 Å². The van der Waals surface area contributed by atoms with Gasteiger partial charge in [-0.25, -0.2) is 0 Å². The summed E-state index contributed by atoms with van der Waals surface area (Å²) in [5, 5.41) is 22.6. The normalized spacial score (nSPS) is 55.8. The molecule has 5 bridgehead atoms. The fraction of sp³-hybridized carbons (Fsp3) is 0.700. The molecule has 1 aromatic carbocycles. The number of likely N-dealkylation sites (N-methyl/N-ethyl adjacent to an activating group) is 1. The van der Waals surface area contributed by atoms with Crippen molar-refractivity contribution in [1.82, 2.24) is 4.90 Å². The van der Waals surface area contributed by atoms with Crippen molar-refractivity contribution >= 4 is 5.69 Å². The molecule has 4 nitrogen and oxygen atoms in total. The molecule has 5 aliphatic heterocycles. The predicted molar refractivity (Wildman–Crippen MR) is 91.7 cm³/mol. The van der Waals surface area contributed by atoms with E-state index in [0.717, 1.165) is 19.3 Å². The van der Waals surface area contributed by atoms with Crippen LogP contribution in [0.1, 0.15) is 31.7 Å². The third-order valence-electron chi connectivity index (χ3n) is 8.46. The Hall–Kier alpha value is -1.10. The van der Waals surface area contributed by atoms with Gasteiger partial charge in [-0.1, -0.05) is 25.1 Å². The smallest absolute Gasteiger partial charge is 0.111 e. The van der Waals surface area contributed by atoms with Crippen molar-refractivity contribution in [2.24, 2.45) is 17.8 Å². The molecule has 1 spiro atoms. The molecule has 10 atom stereocenters. The number of para-hydroxylation sites is 1. The van der Waals surface area contributed by atoms with Crippen LogP contribution < -0.4 is 4.90 Å². The first kappa shape index (κ1) is 14.1. The monoisotopic (exact) mass is 326 g/mol. The number of hydrogen-bond donors (Lipinski definition) is 2. The molecular formula is C20H26N2O2. The first-order chi connectivity index (χ1) is 11.6. The molecule has 1 aliphatic carbocycles. The number of aliphatic hydroxyl groups is 2. The van der Waals surface area contributed by atoms with Crippen LogP contribution in [-0.2, 0) is 5.41 Å². The summed E-state index contributed by atoms with van der Waals surface area (Å²) in [4.78, 5) is 4.83. The largest absolute Gasteiger partial charge is 0.392 e. The average Bonchev–Trinajstić information content (AvgIpc) is 2.97. The van der Waals surface area contributed by atoms with Gasteiger partial charge in [0.05, 0.1) is 12.1 Å². The highest BCUT2D eigenvalue weighted by Gasteiger charge is 2.76. The lowest BCUT2D eigenvalue weighted by atomic mass is 9.62. The number of fused-ring (bicyclic) bond motifs is 2. The molecule has 24 heavy (non-hydrogen) atoms. The van der Waals surface area contributed by atoms with E-state index in [4.69, 9.17) is 0 Å². The van der Waals surface area contributed by atoms with Crippen molar-refractivity contribution in [2.75, 3.05) is 11.9 Å². The maximum absolute atomic E-state index is 11.6. The van der Waals surface area contributed by atoms with Crippen LogP contribution in [0.5, 0.6) is 0 Å². The molecule has 7 rings (SSSR count). The Morgan fingerprint density at radius 1 is 1.21 bits per heavy atom. The summed E-state index contributed by atoms with van der Waals surface area (Å²) in [7, 11) is 2.19. The van der Waals surface area contributed by atoms with Gasteiger partial charge in [0.2, 0.25) is 0 Å². The van der Waals surface area contributed by atoms with Crippen LogP contribution in [0.15, 0.2) is 24.3 Å². The standard InChI is InChI=1S/C20H26N2O2/c1-3-10-11-8-14-17-20(12-6-4-5-7-13(12)21(17)2)9-15(16(11)18(20)23)22(14)19(10)24/h4-7,10-11,14-19,23-24H,3,8-9H2,1-2H3/t10-,11+,14-,15+,16-,17-,18+,19-,20-/m1/s1. The van der Waals surface area contributed by atoms with Gasteiger partial charge in [0.15, 0.2) is 0 Å². The maximum Gasteiger partial charge on any atom is 0.111 e. The molecule has 0 amide bonds. The van der Waals surface area contributed by atoms with Gasteiger partial charge in [-0.05, 0) is 36.8 Å². The fourth-order valence-corrected chi connectivity index (χ4v) is 7.88. The quantitative estimate of drug-likeness (QED) is 0.822. The van der Waals surface area contributed by atoms with Crippen LogP contribution in [-0.4, -0.2) is 52.6 Å². The number of rotatable bonds is 1. The first-order valence-corrected chi connectivity index (χ1v) is 9.57. The summed E-state index contributed by atoms with van der Waals surface area (Å²) in [6.45, 7) is 2.19. The molecule has 0 aromatic heterocycles. The molecule has 4 saturated heterocycles. The van der Waals surface area contributed by atoms with Crippen LogP contribution in [0.25, 0.3) is 0 Å². The highest BCUT2D eigenvalue weighted by atomic mass is 16.3. The molecule has 4 heteroatoms. The predicted octanol–water partition coefficient (Wildman–Crippen LogP) is 1.55. The molecule has 1 unspecified atom stereocenters. The Morgan fingerprint density at radius 2 is 2.00 bits per heavy atom. The van der Waals surface area contributed by atoms with Crippen LogP contribution >= 0.6 is 0 Å². The molecule has 1 saturated carbocycles. The number of aliphatic hydroxyl groups excluding tert-OH is 2. The highest BCUT2D eigenvalue weighted by Crippen LogP contribution is 2.68. The molecule has 128 valence electrons. The second-order valence-corrected chi connectivity index (χ2v) is 8.81. The zero-order valence-electron chi connectivity index (χ0n) is 14.3. The van der Waals surface area contributed by atoms with E-state index in [1.165, 1.54) is 11.3 Å². The van der Waals surface area contributed by atoms with E-state index < -0.39 is 0 Å². The average molecular weight is 326 g/mol. The second-order valence-electron chi connectivity index (χ2n) is 8.81. The van der Waals surface area contributed by atoms with Crippen molar-refractivity contribution in [1.29, 1.82) is 0 Å². The summed E-state index contributed by atoms with van der Waals surface area (Å²) in [6.07, 6.45) is 2.56. The summed E-state index contributed by atoms with van der Waals surface area (Å²) < 4.78 is 0. The van der Waals surface area contributed by atoms with Crippen molar-refractivity contribution in [3.63, 3.8) is 0 Å². The summed E-state index contributed by atoms with van der Waals surface area (Å²) in [6, 6.07) is 9.70. The number of anilines is 1. The Morgan fingerprint density at radius 3 is 2.79 bits per heavy atom. The van der Waals surface area contributed by atoms with Gasteiger partial charge >= 0.3 is 0 Å². The van der Waals surface area contributed by atoms with E-state index in [-0.39, 0.29) is 17.7 Å². The van der Waals surface area contributed by atoms with Gasteiger partial charge in [-0.15, -0.1) is 0 Å². The maximum atomic E-state index is 11.6. The highest BCUT2D eigenvalue weighted by molar-refractivity contribution is 5.67. The summed E-state index contributed by atoms with van der Waals surface area (Å²) in [5.74, 6) is 1.14. The SMILES string of the molecule is CC[C@@H]1[C@@H]2C[C@@H]3[C@H]4N(C)c5ccccc5[C@]45C[C@@H]([C@@H]2[C@@H]5O)N3[C@@H]1O. The zero-order chi connectivity index (χ0) is 16.4. The Bertz CT molecular complexity index is 723. The van der Waals surface area contributed by atoms with E-state index >= 15 is 0 Å². The minimum Gasteiger partial charge on any atom is -0.392 e. The first-order valence-electron chi connectivity index (χ1n) is 9.57. The Balaban J connectivity index is 1.60. The Kier molecular flexibility index (Phi) is 2.45. The van der Waals surface area contributed by atoms with Crippen molar-refractivity contribution in [3.8, 4) is 0 Å². The summed E-state index contributed by atoms with van der Waals surface area (Å²) >= 11 is 0. The lowest BCUT2D eigenvalue weighted by Crippen LogP contribution is -2.72. The van der Waals surface area contributed by atoms with Gasteiger partial charge in [-0.2, -0.15) is 0 Å². The van der Waals surface area contributed by atoms with E-state index in [1.54, 1.807) is 0 Å². The van der Waals surface area contributed by atoms with Crippen LogP contribution in [0.4, 0.5) is 5.69 Å². The van der Waals surface area contributed by atoms with Gasteiger partial charge in [0.1, 0.15) is 6.23 Å². The number of nitrogens with zero attached hydrogens (tertiary/aromatic N) is 2. The van der Waals surface area contributed by atoms with Gasteiger partial charge in [-0.3, -0.25) is 4.90 Å². The van der Waals surface area contributed by atoms with E-state index in [1.807, 2.05) is 0 Å². The fourth-order valence-electron chi connectivity index (χ4n) is 7.88. The molecule has 5 heterocycles. The van der Waals surface area contributed by atoms with Crippen LogP contribution in [0.3, 0.4) is 0 Å². The van der Waals surface area contributed by atoms with E-state index in [0.29, 0.717) is 35.9 Å². The van der Waals surface area contributed by atoms with Crippen molar-refractivity contribution in [2.45, 2.75) is 62.1 Å². The minimum absolute atomic E-state index is 0.126. The third kappa shape index (κ3) is 1.20. The van der Waals surface area contributed by atoms with Gasteiger partial charge in [0, 0.05) is 42.1 Å².